The van der Waals surface area contributed by atoms with Gasteiger partial charge in [0.25, 0.3) is 0 Å². The van der Waals surface area contributed by atoms with E-state index in [1.807, 2.05) is 12.1 Å². The summed E-state index contributed by atoms with van der Waals surface area (Å²) in [5.74, 6) is -0.468. The van der Waals surface area contributed by atoms with Crippen molar-refractivity contribution in [2.24, 2.45) is 11.5 Å². The fourth-order valence-electron chi connectivity index (χ4n) is 1.99. The normalized spacial score (nSPS) is 10.2. The second-order valence-corrected chi connectivity index (χ2v) is 5.68. The minimum Gasteiger partial charge on any atom is -0.366 e. The molecule has 0 aliphatic carbocycles. The number of rotatable bonds is 5. The molecule has 0 radical (unpaired) electrons. The van der Waals surface area contributed by atoms with Gasteiger partial charge in [-0.25, -0.2) is 0 Å². The van der Waals surface area contributed by atoms with E-state index in [1.165, 1.54) is 0 Å². The van der Waals surface area contributed by atoms with Crippen molar-refractivity contribution in [2.75, 3.05) is 17.2 Å². The van der Waals surface area contributed by atoms with Crippen molar-refractivity contribution in [3.05, 3.63) is 58.6 Å². The van der Waals surface area contributed by atoms with Crippen LogP contribution in [0, 0.1) is 0 Å². The number of anilines is 2. The molecule has 6 N–H and O–H groups in total. The first kappa shape index (κ1) is 17.2. The molecule has 0 aromatic heterocycles. The Balaban J connectivity index is 1.99. The molecule has 5 nitrogen and oxygen atoms in total. The van der Waals surface area contributed by atoms with Crippen LogP contribution < -0.4 is 22.1 Å². The molecule has 1 amide bonds. The van der Waals surface area contributed by atoms with E-state index in [9.17, 15) is 4.79 Å². The maximum absolute atomic E-state index is 11.0. The van der Waals surface area contributed by atoms with Gasteiger partial charge in [0.1, 0.15) is 0 Å². The summed E-state index contributed by atoms with van der Waals surface area (Å²) in [4.78, 5) is 11.0. The van der Waals surface area contributed by atoms with Gasteiger partial charge in [-0.05, 0) is 67.1 Å². The van der Waals surface area contributed by atoms with E-state index in [0.29, 0.717) is 22.2 Å². The van der Waals surface area contributed by atoms with E-state index in [0.717, 1.165) is 23.4 Å². The second kappa shape index (κ2) is 7.92. The van der Waals surface area contributed by atoms with Crippen LogP contribution in [0.1, 0.15) is 15.9 Å². The number of carbonyl (C=O) groups is 1. The summed E-state index contributed by atoms with van der Waals surface area (Å²) in [6.45, 7) is 0.549. The molecule has 0 spiro atoms. The third-order valence-electron chi connectivity index (χ3n) is 3.15. The fraction of sp³-hybridized carbons (Fsp3) is 0.125. The van der Waals surface area contributed by atoms with Gasteiger partial charge in [0, 0.05) is 22.0 Å². The Hall–Kier alpha value is -2.15. The average Bonchev–Trinajstić information content (AvgIpc) is 2.50. The SMILES string of the molecule is NCCc1ccc(NC(=S)Nc2ccc(C(N)=O)cc2)cc1Cl. The van der Waals surface area contributed by atoms with E-state index in [-0.39, 0.29) is 0 Å². The maximum atomic E-state index is 11.0. The first-order chi connectivity index (χ1) is 11.0. The molecule has 0 unspecified atom stereocenters. The van der Waals surface area contributed by atoms with Crippen molar-refractivity contribution in [1.82, 2.24) is 0 Å². The second-order valence-electron chi connectivity index (χ2n) is 4.87. The number of carbonyl (C=O) groups excluding carboxylic acids is 1. The molecular weight excluding hydrogens is 332 g/mol. The first-order valence-electron chi connectivity index (χ1n) is 6.96. The molecule has 120 valence electrons. The summed E-state index contributed by atoms with van der Waals surface area (Å²) in [5.41, 5.74) is 13.7. The van der Waals surface area contributed by atoms with Crippen LogP contribution in [0.15, 0.2) is 42.5 Å². The predicted octanol–water partition coefficient (Wildman–Crippen LogP) is 2.75. The molecule has 7 heteroatoms. The Morgan fingerprint density at radius 3 is 2.26 bits per heavy atom. The van der Waals surface area contributed by atoms with Gasteiger partial charge in [-0.3, -0.25) is 4.79 Å². The third-order valence-corrected chi connectivity index (χ3v) is 3.71. The van der Waals surface area contributed by atoms with Crippen molar-refractivity contribution >= 4 is 46.2 Å². The van der Waals surface area contributed by atoms with Crippen LogP contribution in [0.5, 0.6) is 0 Å². The van der Waals surface area contributed by atoms with Crippen LogP contribution in [0.2, 0.25) is 5.02 Å². The largest absolute Gasteiger partial charge is 0.366 e. The van der Waals surface area contributed by atoms with Gasteiger partial charge >= 0.3 is 0 Å². The highest BCUT2D eigenvalue weighted by Crippen LogP contribution is 2.21. The van der Waals surface area contributed by atoms with Crippen LogP contribution in [0.4, 0.5) is 11.4 Å². The highest BCUT2D eigenvalue weighted by atomic mass is 35.5. The zero-order valence-corrected chi connectivity index (χ0v) is 13.9. The van der Waals surface area contributed by atoms with Crippen LogP contribution >= 0.6 is 23.8 Å². The van der Waals surface area contributed by atoms with Gasteiger partial charge < -0.3 is 22.1 Å². The number of amides is 1. The molecule has 0 saturated heterocycles. The van der Waals surface area contributed by atoms with Crippen molar-refractivity contribution in [1.29, 1.82) is 0 Å². The van der Waals surface area contributed by atoms with Gasteiger partial charge in [0.2, 0.25) is 5.91 Å². The number of primary amides is 1. The van der Waals surface area contributed by atoms with Crippen LogP contribution in [-0.4, -0.2) is 17.6 Å². The third kappa shape index (κ3) is 4.92. The number of nitrogens with one attached hydrogen (secondary N) is 2. The lowest BCUT2D eigenvalue weighted by Crippen LogP contribution is -2.19. The summed E-state index contributed by atoms with van der Waals surface area (Å²) in [5, 5.41) is 7.14. The predicted molar refractivity (Wildman–Crippen MR) is 99.0 cm³/mol. The average molecular weight is 349 g/mol. The standard InChI is InChI=1S/C16H17ClN4OS/c17-14-9-13(6-1-10(14)7-8-18)21-16(23)20-12-4-2-11(3-5-12)15(19)22/h1-6,9H,7-8,18H2,(H2,19,22)(H2,20,21,23). The smallest absolute Gasteiger partial charge is 0.248 e. The van der Waals surface area contributed by atoms with Crippen LogP contribution in [0.3, 0.4) is 0 Å². The molecule has 0 heterocycles. The zero-order chi connectivity index (χ0) is 16.8. The van der Waals surface area contributed by atoms with Crippen molar-refractivity contribution in [3.63, 3.8) is 0 Å². The van der Waals surface area contributed by atoms with Crippen molar-refractivity contribution < 1.29 is 4.79 Å². The molecule has 0 bridgehead atoms. The lowest BCUT2D eigenvalue weighted by atomic mass is 10.1. The Kier molecular flexibility index (Phi) is 5.92. The number of halogens is 1. The number of nitrogens with two attached hydrogens (primary N) is 2. The first-order valence-corrected chi connectivity index (χ1v) is 7.74. The van der Waals surface area contributed by atoms with E-state index < -0.39 is 5.91 Å². The Morgan fingerprint density at radius 1 is 1.09 bits per heavy atom. The number of hydrogen-bond acceptors (Lipinski definition) is 3. The summed E-state index contributed by atoms with van der Waals surface area (Å²) in [6, 6.07) is 12.3. The maximum Gasteiger partial charge on any atom is 0.248 e. The number of benzene rings is 2. The molecule has 2 rings (SSSR count). The number of thiocarbonyl (C=S) groups is 1. The quantitative estimate of drug-likeness (QED) is 0.623. The summed E-state index contributed by atoms with van der Waals surface area (Å²) in [7, 11) is 0. The Morgan fingerprint density at radius 2 is 1.70 bits per heavy atom. The molecular formula is C16H17ClN4OS. The monoisotopic (exact) mass is 348 g/mol. The topological polar surface area (TPSA) is 93.2 Å². The highest BCUT2D eigenvalue weighted by molar-refractivity contribution is 7.80. The zero-order valence-electron chi connectivity index (χ0n) is 12.3. The van der Waals surface area contributed by atoms with Crippen molar-refractivity contribution in [3.8, 4) is 0 Å². The van der Waals surface area contributed by atoms with Gasteiger partial charge in [-0.2, -0.15) is 0 Å². The fourth-order valence-corrected chi connectivity index (χ4v) is 2.51. The Bertz CT molecular complexity index is 719. The van der Waals surface area contributed by atoms with Gasteiger partial charge in [0.05, 0.1) is 0 Å². The minimum atomic E-state index is -0.468. The van der Waals surface area contributed by atoms with Crippen LogP contribution in [0.25, 0.3) is 0 Å². The summed E-state index contributed by atoms with van der Waals surface area (Å²) in [6.07, 6.45) is 0.730. The van der Waals surface area contributed by atoms with E-state index in [1.54, 1.807) is 30.3 Å². The molecule has 0 fully saturated rings. The van der Waals surface area contributed by atoms with Gasteiger partial charge in [0.15, 0.2) is 5.11 Å². The molecule has 0 saturated carbocycles. The summed E-state index contributed by atoms with van der Waals surface area (Å²) >= 11 is 11.4. The number of hydrogen-bond donors (Lipinski definition) is 4. The van der Waals surface area contributed by atoms with Gasteiger partial charge in [-0.1, -0.05) is 17.7 Å². The highest BCUT2D eigenvalue weighted by Gasteiger charge is 2.04. The summed E-state index contributed by atoms with van der Waals surface area (Å²) < 4.78 is 0. The van der Waals surface area contributed by atoms with E-state index in [4.69, 9.17) is 35.3 Å². The molecule has 23 heavy (non-hydrogen) atoms. The van der Waals surface area contributed by atoms with Crippen molar-refractivity contribution in [2.45, 2.75) is 6.42 Å². The molecule has 0 aliphatic rings. The van der Waals surface area contributed by atoms with Gasteiger partial charge in [-0.15, -0.1) is 0 Å². The van der Waals surface area contributed by atoms with E-state index in [2.05, 4.69) is 10.6 Å². The molecule has 2 aromatic carbocycles. The lowest BCUT2D eigenvalue weighted by Gasteiger charge is -2.12. The van der Waals surface area contributed by atoms with E-state index >= 15 is 0 Å². The van der Waals surface area contributed by atoms with Crippen LogP contribution in [-0.2, 0) is 6.42 Å². The minimum absolute atomic E-state index is 0.416. The molecule has 0 atom stereocenters. The molecule has 2 aromatic rings. The molecule has 0 aliphatic heterocycles. The lowest BCUT2D eigenvalue weighted by molar-refractivity contribution is 0.100. The Labute approximate surface area is 145 Å².